The Kier molecular flexibility index (Phi) is 3.96. The number of hydrogen-bond donors (Lipinski definition) is 2. The van der Waals surface area contributed by atoms with Crippen LogP contribution in [0.4, 0.5) is 5.69 Å². The smallest absolute Gasteiger partial charge is 0.142 e. The molecule has 0 heterocycles. The standard InChI is InChI=1S/C10H15NOS/c1-8(2)12-10-6-4-3-5-9(10)11-7-13/h3-6,8,11,13H,7H2,1-2H3. The second-order valence-electron chi connectivity index (χ2n) is 3.00. The van der Waals surface area contributed by atoms with E-state index in [1.807, 2.05) is 38.1 Å². The van der Waals surface area contributed by atoms with E-state index in [1.165, 1.54) is 0 Å². The molecule has 0 aliphatic rings. The maximum absolute atomic E-state index is 5.60. The van der Waals surface area contributed by atoms with Gasteiger partial charge in [0.1, 0.15) is 5.75 Å². The van der Waals surface area contributed by atoms with Crippen molar-refractivity contribution in [2.75, 3.05) is 11.2 Å². The third-order valence-electron chi connectivity index (χ3n) is 1.52. The number of anilines is 1. The van der Waals surface area contributed by atoms with E-state index in [-0.39, 0.29) is 6.10 Å². The van der Waals surface area contributed by atoms with E-state index in [4.69, 9.17) is 4.74 Å². The van der Waals surface area contributed by atoms with Crippen LogP contribution in [0.1, 0.15) is 13.8 Å². The summed E-state index contributed by atoms with van der Waals surface area (Å²) >= 11 is 4.10. The second kappa shape index (κ2) is 5.02. The maximum atomic E-state index is 5.60. The highest BCUT2D eigenvalue weighted by Crippen LogP contribution is 2.24. The Bertz CT molecular complexity index is 263. The van der Waals surface area contributed by atoms with Crippen molar-refractivity contribution >= 4 is 18.3 Å². The fourth-order valence-corrected chi connectivity index (χ4v) is 1.22. The van der Waals surface area contributed by atoms with Gasteiger partial charge in [-0.3, -0.25) is 0 Å². The van der Waals surface area contributed by atoms with Crippen LogP contribution < -0.4 is 10.1 Å². The number of rotatable bonds is 4. The van der Waals surface area contributed by atoms with Crippen molar-refractivity contribution in [3.8, 4) is 5.75 Å². The van der Waals surface area contributed by atoms with Crippen LogP contribution in [-0.2, 0) is 0 Å². The molecule has 3 heteroatoms. The van der Waals surface area contributed by atoms with Crippen molar-refractivity contribution in [1.82, 2.24) is 0 Å². The average Bonchev–Trinajstić information content (AvgIpc) is 2.08. The lowest BCUT2D eigenvalue weighted by Crippen LogP contribution is -2.07. The highest BCUT2D eigenvalue weighted by Gasteiger charge is 2.02. The summed E-state index contributed by atoms with van der Waals surface area (Å²) in [7, 11) is 0. The summed E-state index contributed by atoms with van der Waals surface area (Å²) in [4.78, 5) is 0. The van der Waals surface area contributed by atoms with Crippen molar-refractivity contribution in [3.05, 3.63) is 24.3 Å². The topological polar surface area (TPSA) is 21.3 Å². The van der Waals surface area contributed by atoms with Gasteiger partial charge in [-0.15, -0.1) is 0 Å². The highest BCUT2D eigenvalue weighted by atomic mass is 32.1. The van der Waals surface area contributed by atoms with Crippen molar-refractivity contribution in [1.29, 1.82) is 0 Å². The summed E-state index contributed by atoms with van der Waals surface area (Å²) in [6.45, 7) is 4.02. The Hall–Kier alpha value is -0.830. The molecule has 0 amide bonds. The van der Waals surface area contributed by atoms with Gasteiger partial charge in [-0.2, -0.15) is 12.6 Å². The van der Waals surface area contributed by atoms with E-state index in [1.54, 1.807) is 0 Å². The molecule has 0 bridgehead atoms. The molecule has 13 heavy (non-hydrogen) atoms. The van der Waals surface area contributed by atoms with Gasteiger partial charge in [-0.05, 0) is 26.0 Å². The number of thiol groups is 1. The van der Waals surface area contributed by atoms with Gasteiger partial charge in [-0.25, -0.2) is 0 Å². The van der Waals surface area contributed by atoms with Gasteiger partial charge in [0.2, 0.25) is 0 Å². The third-order valence-corrected chi connectivity index (χ3v) is 1.68. The summed E-state index contributed by atoms with van der Waals surface area (Å²) in [5, 5.41) is 3.12. The van der Waals surface area contributed by atoms with Crippen LogP contribution in [0.3, 0.4) is 0 Å². The van der Waals surface area contributed by atoms with Gasteiger partial charge in [0.05, 0.1) is 17.7 Å². The van der Waals surface area contributed by atoms with Crippen molar-refractivity contribution in [2.45, 2.75) is 20.0 Å². The predicted molar refractivity (Wildman–Crippen MR) is 59.7 cm³/mol. The van der Waals surface area contributed by atoms with Crippen LogP contribution in [0.25, 0.3) is 0 Å². The maximum Gasteiger partial charge on any atom is 0.142 e. The number of hydrogen-bond acceptors (Lipinski definition) is 3. The molecule has 0 atom stereocenters. The van der Waals surface area contributed by atoms with E-state index in [0.717, 1.165) is 11.4 Å². The summed E-state index contributed by atoms with van der Waals surface area (Å²) in [6, 6.07) is 7.86. The lowest BCUT2D eigenvalue weighted by Gasteiger charge is -2.14. The minimum absolute atomic E-state index is 0.197. The Morgan fingerprint density at radius 2 is 2.08 bits per heavy atom. The van der Waals surface area contributed by atoms with E-state index in [0.29, 0.717) is 5.88 Å². The van der Waals surface area contributed by atoms with Gasteiger partial charge in [-0.1, -0.05) is 12.1 Å². The molecule has 1 N–H and O–H groups in total. The summed E-state index contributed by atoms with van der Waals surface area (Å²) in [5.74, 6) is 1.49. The van der Waals surface area contributed by atoms with Gasteiger partial charge in [0.25, 0.3) is 0 Å². The molecule has 0 spiro atoms. The molecule has 2 nitrogen and oxygen atoms in total. The summed E-state index contributed by atoms with van der Waals surface area (Å²) in [5.41, 5.74) is 0.992. The number of nitrogens with one attached hydrogen (secondary N) is 1. The first kappa shape index (κ1) is 10.3. The molecule has 0 aliphatic carbocycles. The van der Waals surface area contributed by atoms with E-state index < -0.39 is 0 Å². The summed E-state index contributed by atoms with van der Waals surface area (Å²) in [6.07, 6.45) is 0.197. The molecule has 0 aliphatic heterocycles. The molecule has 0 saturated heterocycles. The Morgan fingerprint density at radius 3 is 2.69 bits per heavy atom. The molecule has 0 aromatic heterocycles. The normalized spacial score (nSPS) is 10.2. The first-order valence-corrected chi connectivity index (χ1v) is 4.97. The monoisotopic (exact) mass is 197 g/mol. The van der Waals surface area contributed by atoms with E-state index >= 15 is 0 Å². The minimum Gasteiger partial charge on any atom is -0.489 e. The Morgan fingerprint density at radius 1 is 1.38 bits per heavy atom. The number of ether oxygens (including phenoxy) is 1. The lowest BCUT2D eigenvalue weighted by molar-refractivity contribution is 0.243. The van der Waals surface area contributed by atoms with E-state index in [2.05, 4.69) is 17.9 Å². The van der Waals surface area contributed by atoms with Crippen LogP contribution in [-0.4, -0.2) is 12.0 Å². The Balaban J connectivity index is 2.78. The molecule has 0 fully saturated rings. The van der Waals surface area contributed by atoms with Crippen LogP contribution >= 0.6 is 12.6 Å². The Labute approximate surface area is 84.7 Å². The average molecular weight is 197 g/mol. The van der Waals surface area contributed by atoms with Gasteiger partial charge >= 0.3 is 0 Å². The SMILES string of the molecule is CC(C)Oc1ccccc1NCS. The molecule has 1 rings (SSSR count). The van der Waals surface area contributed by atoms with Crippen molar-refractivity contribution in [3.63, 3.8) is 0 Å². The zero-order chi connectivity index (χ0) is 9.68. The number of para-hydroxylation sites is 2. The van der Waals surface area contributed by atoms with Crippen LogP contribution in [0, 0.1) is 0 Å². The molecule has 0 saturated carbocycles. The van der Waals surface area contributed by atoms with Gasteiger partial charge in [0, 0.05) is 0 Å². The molecule has 72 valence electrons. The molecule has 0 unspecified atom stereocenters. The van der Waals surface area contributed by atoms with E-state index in [9.17, 15) is 0 Å². The summed E-state index contributed by atoms with van der Waals surface area (Å²) < 4.78 is 5.60. The molecule has 1 aromatic rings. The van der Waals surface area contributed by atoms with Crippen LogP contribution in [0.2, 0.25) is 0 Å². The number of benzene rings is 1. The predicted octanol–water partition coefficient (Wildman–Crippen LogP) is 2.77. The van der Waals surface area contributed by atoms with Gasteiger partial charge in [0.15, 0.2) is 0 Å². The molecule has 1 aromatic carbocycles. The first-order valence-electron chi connectivity index (χ1n) is 4.34. The quantitative estimate of drug-likeness (QED) is 0.572. The fourth-order valence-electron chi connectivity index (χ4n) is 1.05. The molecular weight excluding hydrogens is 182 g/mol. The van der Waals surface area contributed by atoms with Crippen LogP contribution in [0.5, 0.6) is 5.75 Å². The minimum atomic E-state index is 0.197. The van der Waals surface area contributed by atoms with Crippen LogP contribution in [0.15, 0.2) is 24.3 Å². The largest absolute Gasteiger partial charge is 0.489 e. The molecular formula is C10H15NOS. The third kappa shape index (κ3) is 3.19. The zero-order valence-corrected chi connectivity index (χ0v) is 8.84. The highest BCUT2D eigenvalue weighted by molar-refractivity contribution is 7.80. The van der Waals surface area contributed by atoms with Gasteiger partial charge < -0.3 is 10.1 Å². The fraction of sp³-hybridized carbons (Fsp3) is 0.400. The van der Waals surface area contributed by atoms with Crippen molar-refractivity contribution in [2.24, 2.45) is 0 Å². The second-order valence-corrected chi connectivity index (χ2v) is 3.31. The lowest BCUT2D eigenvalue weighted by atomic mass is 10.3. The first-order chi connectivity index (χ1) is 6.24. The van der Waals surface area contributed by atoms with Crippen molar-refractivity contribution < 1.29 is 4.74 Å². The molecule has 0 radical (unpaired) electrons. The zero-order valence-electron chi connectivity index (χ0n) is 7.95.